The highest BCUT2D eigenvalue weighted by Crippen LogP contribution is 2.23. The van der Waals surface area contributed by atoms with Crippen LogP contribution in [0.15, 0.2) is 71.9 Å². The molecule has 0 unspecified atom stereocenters. The van der Waals surface area contributed by atoms with Crippen LogP contribution in [0.4, 0.5) is 0 Å². The maximum Gasteiger partial charge on any atom is 0.123 e. The molecule has 3 nitrogen and oxygen atoms in total. The maximum atomic E-state index is 5.82. The maximum absolute atomic E-state index is 5.82. The molecule has 2 aromatic heterocycles. The molecule has 0 aliphatic carbocycles. The molecule has 0 N–H and O–H groups in total. The topological polar surface area (TPSA) is 35.0 Å². The van der Waals surface area contributed by atoms with Crippen LogP contribution < -0.4 is 4.74 Å². The molecule has 0 spiro atoms. The first-order chi connectivity index (χ1) is 10.6. The zero-order valence-electron chi connectivity index (χ0n) is 12.4. The minimum absolute atomic E-state index is 0.435. The van der Waals surface area contributed by atoms with Gasteiger partial charge in [-0.3, -0.25) is 4.98 Å². The lowest BCUT2D eigenvalue weighted by molar-refractivity contribution is 0.355. The van der Waals surface area contributed by atoms with Crippen molar-refractivity contribution in [1.82, 2.24) is 9.97 Å². The summed E-state index contributed by atoms with van der Waals surface area (Å²) in [5.41, 5.74) is 3.42. The van der Waals surface area contributed by atoms with Gasteiger partial charge in [-0.1, -0.05) is 37.5 Å². The standard InChI is InChI=1S/C18H17BrN2O/c1-4-7-14(5-2)12-22-15-10-13(3)20-17(11-15)16-8-6-9-18(19)21-16/h4-11H,1-2,12H2,3H3. The molecule has 2 aromatic rings. The van der Waals surface area contributed by atoms with Gasteiger partial charge < -0.3 is 4.74 Å². The second-order valence-electron chi connectivity index (χ2n) is 4.65. The van der Waals surface area contributed by atoms with E-state index >= 15 is 0 Å². The number of rotatable bonds is 6. The van der Waals surface area contributed by atoms with Crippen molar-refractivity contribution < 1.29 is 4.74 Å². The zero-order chi connectivity index (χ0) is 15.9. The molecule has 2 rings (SSSR count). The van der Waals surface area contributed by atoms with E-state index in [4.69, 9.17) is 4.74 Å². The molecule has 0 aliphatic rings. The van der Waals surface area contributed by atoms with Gasteiger partial charge in [-0.15, -0.1) is 0 Å². The number of pyridine rings is 2. The highest BCUT2D eigenvalue weighted by atomic mass is 79.9. The number of allylic oxidation sites excluding steroid dienone is 2. The lowest BCUT2D eigenvalue weighted by atomic mass is 10.2. The molecule has 4 heteroatoms. The van der Waals surface area contributed by atoms with Crippen LogP contribution in [0.25, 0.3) is 11.4 Å². The fourth-order valence-electron chi connectivity index (χ4n) is 1.90. The normalized spacial score (nSPS) is 11.1. The molecular weight excluding hydrogens is 340 g/mol. The average molecular weight is 357 g/mol. The van der Waals surface area contributed by atoms with Gasteiger partial charge in [-0.05, 0) is 40.6 Å². The van der Waals surface area contributed by atoms with Crippen molar-refractivity contribution in [3.63, 3.8) is 0 Å². The Bertz CT molecular complexity index is 723. The van der Waals surface area contributed by atoms with E-state index in [1.807, 2.05) is 43.3 Å². The molecule has 22 heavy (non-hydrogen) atoms. The number of ether oxygens (including phenoxy) is 1. The summed E-state index contributed by atoms with van der Waals surface area (Å²) in [5, 5.41) is 0. The van der Waals surface area contributed by atoms with Crippen LogP contribution in [0.2, 0.25) is 0 Å². The van der Waals surface area contributed by atoms with Gasteiger partial charge in [-0.25, -0.2) is 4.98 Å². The molecule has 2 heterocycles. The highest BCUT2D eigenvalue weighted by molar-refractivity contribution is 9.10. The molecular formula is C18H17BrN2O. The number of nitrogens with zero attached hydrogens (tertiary/aromatic N) is 2. The van der Waals surface area contributed by atoms with Crippen molar-refractivity contribution in [3.8, 4) is 17.1 Å². The van der Waals surface area contributed by atoms with Crippen LogP contribution in [0.3, 0.4) is 0 Å². The van der Waals surface area contributed by atoms with E-state index in [2.05, 4.69) is 39.1 Å². The Morgan fingerprint density at radius 2 is 2.05 bits per heavy atom. The van der Waals surface area contributed by atoms with E-state index in [1.54, 1.807) is 12.2 Å². The van der Waals surface area contributed by atoms with Gasteiger partial charge in [-0.2, -0.15) is 0 Å². The minimum Gasteiger partial charge on any atom is -0.489 e. The summed E-state index contributed by atoms with van der Waals surface area (Å²) < 4.78 is 6.59. The van der Waals surface area contributed by atoms with E-state index < -0.39 is 0 Å². The van der Waals surface area contributed by atoms with Crippen LogP contribution in [-0.4, -0.2) is 16.6 Å². The van der Waals surface area contributed by atoms with Crippen LogP contribution in [0, 0.1) is 6.92 Å². The fraction of sp³-hybridized carbons (Fsp3) is 0.111. The SMILES string of the molecule is C=CC=C(C=C)COc1cc(C)nc(-c2cccc(Br)n2)c1. The number of hydrogen-bond donors (Lipinski definition) is 0. The predicted molar refractivity (Wildman–Crippen MR) is 93.9 cm³/mol. The largest absolute Gasteiger partial charge is 0.489 e. The van der Waals surface area contributed by atoms with Crippen LogP contribution in [-0.2, 0) is 0 Å². The van der Waals surface area contributed by atoms with E-state index in [1.165, 1.54) is 0 Å². The van der Waals surface area contributed by atoms with Crippen molar-refractivity contribution in [1.29, 1.82) is 0 Å². The number of hydrogen-bond acceptors (Lipinski definition) is 3. The van der Waals surface area contributed by atoms with Crippen LogP contribution in [0.1, 0.15) is 5.69 Å². The third kappa shape index (κ3) is 4.40. The van der Waals surface area contributed by atoms with Gasteiger partial charge in [0.25, 0.3) is 0 Å². The summed E-state index contributed by atoms with van der Waals surface area (Å²) >= 11 is 3.37. The third-order valence-electron chi connectivity index (χ3n) is 2.90. The van der Waals surface area contributed by atoms with Crippen LogP contribution in [0.5, 0.6) is 5.75 Å². The van der Waals surface area contributed by atoms with Gasteiger partial charge in [0, 0.05) is 17.8 Å². The molecule has 0 atom stereocenters. The van der Waals surface area contributed by atoms with Crippen molar-refractivity contribution in [2.24, 2.45) is 0 Å². The lowest BCUT2D eigenvalue weighted by Crippen LogP contribution is -2.01. The molecule has 0 saturated heterocycles. The Balaban J connectivity index is 2.25. The Kier molecular flexibility index (Phi) is 5.67. The first-order valence-electron chi connectivity index (χ1n) is 6.81. The van der Waals surface area contributed by atoms with Gasteiger partial charge in [0.2, 0.25) is 0 Å². The van der Waals surface area contributed by atoms with Gasteiger partial charge >= 0.3 is 0 Å². The summed E-state index contributed by atoms with van der Waals surface area (Å²) in [4.78, 5) is 8.94. The first-order valence-corrected chi connectivity index (χ1v) is 7.60. The van der Waals surface area contributed by atoms with E-state index in [-0.39, 0.29) is 0 Å². The first kappa shape index (κ1) is 16.2. The highest BCUT2D eigenvalue weighted by Gasteiger charge is 2.06. The van der Waals surface area contributed by atoms with Crippen molar-refractivity contribution in [2.75, 3.05) is 6.61 Å². The second kappa shape index (κ2) is 7.71. The van der Waals surface area contributed by atoms with Crippen molar-refractivity contribution >= 4 is 15.9 Å². The van der Waals surface area contributed by atoms with Gasteiger partial charge in [0.1, 0.15) is 17.0 Å². The summed E-state index contributed by atoms with van der Waals surface area (Å²) in [6.07, 6.45) is 5.35. The predicted octanol–water partition coefficient (Wildman–Crippen LogP) is 4.89. The van der Waals surface area contributed by atoms with Gasteiger partial charge in [0.05, 0.1) is 11.4 Å². The summed E-state index contributed by atoms with van der Waals surface area (Å²) in [6.45, 7) is 9.81. The monoisotopic (exact) mass is 356 g/mol. The summed E-state index contributed by atoms with van der Waals surface area (Å²) in [7, 11) is 0. The van der Waals surface area contributed by atoms with E-state index in [9.17, 15) is 0 Å². The quantitative estimate of drug-likeness (QED) is 0.545. The second-order valence-corrected chi connectivity index (χ2v) is 5.46. The van der Waals surface area contributed by atoms with E-state index in [0.717, 1.165) is 33.0 Å². The van der Waals surface area contributed by atoms with Gasteiger partial charge in [0.15, 0.2) is 0 Å². The zero-order valence-corrected chi connectivity index (χ0v) is 14.0. The fourth-order valence-corrected chi connectivity index (χ4v) is 2.24. The Hall–Kier alpha value is -2.20. The summed E-state index contributed by atoms with van der Waals surface area (Å²) in [5.74, 6) is 0.751. The number of halogens is 1. The van der Waals surface area contributed by atoms with E-state index in [0.29, 0.717) is 6.61 Å². The molecule has 112 valence electrons. The third-order valence-corrected chi connectivity index (χ3v) is 3.35. The molecule has 0 aromatic carbocycles. The molecule has 0 amide bonds. The number of aromatic nitrogens is 2. The molecule has 0 aliphatic heterocycles. The minimum atomic E-state index is 0.435. The lowest BCUT2D eigenvalue weighted by Gasteiger charge is -2.09. The molecule has 0 saturated carbocycles. The van der Waals surface area contributed by atoms with Crippen LogP contribution >= 0.6 is 15.9 Å². The number of aryl methyl sites for hydroxylation is 1. The molecule has 0 fully saturated rings. The average Bonchev–Trinajstić information content (AvgIpc) is 2.51. The smallest absolute Gasteiger partial charge is 0.123 e. The molecule has 0 radical (unpaired) electrons. The Labute approximate surface area is 139 Å². The van der Waals surface area contributed by atoms with Crippen molar-refractivity contribution in [3.05, 3.63) is 77.6 Å². The Morgan fingerprint density at radius 1 is 1.23 bits per heavy atom. The van der Waals surface area contributed by atoms with Crippen molar-refractivity contribution in [2.45, 2.75) is 6.92 Å². The molecule has 0 bridgehead atoms. The summed E-state index contributed by atoms with van der Waals surface area (Å²) in [6, 6.07) is 9.52. The Morgan fingerprint density at radius 3 is 2.73 bits per heavy atom.